The molecule has 0 aliphatic rings. The van der Waals surface area contributed by atoms with Crippen LogP contribution in [0.1, 0.15) is 34.1 Å². The Kier molecular flexibility index (Phi) is 5.38. The van der Waals surface area contributed by atoms with E-state index >= 15 is 0 Å². The van der Waals surface area contributed by atoms with Gasteiger partial charge in [0.25, 0.3) is 0 Å². The number of ketones is 1. The number of rotatable bonds is 6. The first-order valence-electron chi connectivity index (χ1n) is 4.86. The topological polar surface area (TPSA) is 66.4 Å². The molecule has 82 valence electrons. The second-order valence-electron chi connectivity index (χ2n) is 4.03. The molecule has 1 unspecified atom stereocenters. The Morgan fingerprint density at radius 1 is 1.21 bits per heavy atom. The summed E-state index contributed by atoms with van der Waals surface area (Å²) in [6.07, 6.45) is -0.144. The molecule has 0 bridgehead atoms. The van der Waals surface area contributed by atoms with Gasteiger partial charge in [0.05, 0.1) is 12.5 Å². The fourth-order valence-corrected chi connectivity index (χ4v) is 1.22. The van der Waals surface area contributed by atoms with E-state index in [0.29, 0.717) is 0 Å². The molecule has 0 saturated carbocycles. The SMILES string of the molecule is CC(C)NC(CC(=O)O)C(=O)C(C)C. The first-order chi connectivity index (χ1) is 6.34. The molecule has 1 atom stereocenters. The highest BCUT2D eigenvalue weighted by Crippen LogP contribution is 2.04. The molecule has 2 N–H and O–H groups in total. The number of carboxylic acid groups (broad SMARTS) is 1. The number of carbonyl (C=O) groups is 2. The standard InChI is InChI=1S/C10H19NO3/c1-6(2)10(14)8(5-9(12)13)11-7(3)4/h6-8,11H,5H2,1-4H3,(H,12,13). The quantitative estimate of drug-likeness (QED) is 0.674. The number of hydrogen-bond acceptors (Lipinski definition) is 3. The van der Waals surface area contributed by atoms with Crippen molar-refractivity contribution in [1.82, 2.24) is 5.32 Å². The Morgan fingerprint density at radius 2 is 1.71 bits per heavy atom. The predicted molar refractivity (Wildman–Crippen MR) is 54.2 cm³/mol. The molecule has 0 aromatic rings. The van der Waals surface area contributed by atoms with Crippen molar-refractivity contribution in [2.24, 2.45) is 5.92 Å². The second-order valence-corrected chi connectivity index (χ2v) is 4.03. The lowest BCUT2D eigenvalue weighted by atomic mass is 9.99. The van der Waals surface area contributed by atoms with E-state index in [1.54, 1.807) is 13.8 Å². The van der Waals surface area contributed by atoms with Crippen molar-refractivity contribution in [3.8, 4) is 0 Å². The molecule has 0 radical (unpaired) electrons. The van der Waals surface area contributed by atoms with Crippen LogP contribution in [0.4, 0.5) is 0 Å². The highest BCUT2D eigenvalue weighted by Gasteiger charge is 2.23. The summed E-state index contributed by atoms with van der Waals surface area (Å²) in [6, 6.07) is -0.449. The molecule has 0 heterocycles. The highest BCUT2D eigenvalue weighted by molar-refractivity contribution is 5.89. The Labute approximate surface area is 84.7 Å². The lowest BCUT2D eigenvalue weighted by molar-refractivity contribution is -0.140. The van der Waals surface area contributed by atoms with Crippen LogP contribution in [0.25, 0.3) is 0 Å². The summed E-state index contributed by atoms with van der Waals surface area (Å²) in [6.45, 7) is 7.34. The van der Waals surface area contributed by atoms with E-state index in [1.807, 2.05) is 13.8 Å². The molecular weight excluding hydrogens is 182 g/mol. The summed E-state index contributed by atoms with van der Waals surface area (Å²) in [4.78, 5) is 22.1. The van der Waals surface area contributed by atoms with Crippen LogP contribution < -0.4 is 5.32 Å². The van der Waals surface area contributed by atoms with Crippen molar-refractivity contribution >= 4 is 11.8 Å². The molecule has 0 amide bonds. The smallest absolute Gasteiger partial charge is 0.305 e. The van der Waals surface area contributed by atoms with Gasteiger partial charge in [0.2, 0.25) is 0 Å². The van der Waals surface area contributed by atoms with Crippen molar-refractivity contribution in [3.05, 3.63) is 0 Å². The Hall–Kier alpha value is -0.900. The van der Waals surface area contributed by atoms with Gasteiger partial charge in [0.15, 0.2) is 5.78 Å². The monoisotopic (exact) mass is 201 g/mol. The van der Waals surface area contributed by atoms with E-state index in [1.165, 1.54) is 0 Å². The van der Waals surface area contributed by atoms with Crippen molar-refractivity contribution in [2.45, 2.75) is 46.2 Å². The Balaban J connectivity index is 4.38. The van der Waals surface area contributed by atoms with E-state index in [2.05, 4.69) is 5.32 Å². The van der Waals surface area contributed by atoms with Gasteiger partial charge in [-0.3, -0.25) is 9.59 Å². The molecular formula is C10H19NO3. The van der Waals surface area contributed by atoms with E-state index in [4.69, 9.17) is 5.11 Å². The van der Waals surface area contributed by atoms with Gasteiger partial charge in [0, 0.05) is 12.0 Å². The second kappa shape index (κ2) is 5.75. The fourth-order valence-electron chi connectivity index (χ4n) is 1.22. The average molecular weight is 201 g/mol. The molecule has 0 aliphatic heterocycles. The summed E-state index contributed by atoms with van der Waals surface area (Å²) in [5.74, 6) is -1.12. The third-order valence-corrected chi connectivity index (χ3v) is 1.83. The van der Waals surface area contributed by atoms with E-state index in [-0.39, 0.29) is 24.2 Å². The van der Waals surface area contributed by atoms with Gasteiger partial charge in [0.1, 0.15) is 0 Å². The molecule has 0 spiro atoms. The van der Waals surface area contributed by atoms with Gasteiger partial charge in [-0.15, -0.1) is 0 Å². The number of aliphatic carboxylic acids is 1. The largest absolute Gasteiger partial charge is 0.481 e. The minimum Gasteiger partial charge on any atom is -0.481 e. The molecule has 0 aromatic carbocycles. The van der Waals surface area contributed by atoms with Crippen LogP contribution in [0.15, 0.2) is 0 Å². The van der Waals surface area contributed by atoms with Crippen LogP contribution in [0.5, 0.6) is 0 Å². The highest BCUT2D eigenvalue weighted by atomic mass is 16.4. The summed E-state index contributed by atoms with van der Waals surface area (Å²) in [7, 11) is 0. The van der Waals surface area contributed by atoms with Crippen molar-refractivity contribution in [1.29, 1.82) is 0 Å². The maximum atomic E-state index is 11.6. The van der Waals surface area contributed by atoms with Crippen LogP contribution in [0.3, 0.4) is 0 Å². The van der Waals surface area contributed by atoms with Crippen LogP contribution >= 0.6 is 0 Å². The molecule has 0 rings (SSSR count). The zero-order chi connectivity index (χ0) is 11.3. The molecule has 4 nitrogen and oxygen atoms in total. The van der Waals surface area contributed by atoms with Crippen LogP contribution in [0, 0.1) is 5.92 Å². The number of carboxylic acids is 1. The molecule has 0 aliphatic carbocycles. The average Bonchev–Trinajstić information content (AvgIpc) is 1.99. The van der Waals surface area contributed by atoms with E-state index < -0.39 is 12.0 Å². The molecule has 0 fully saturated rings. The maximum absolute atomic E-state index is 11.6. The number of nitrogens with one attached hydrogen (secondary N) is 1. The maximum Gasteiger partial charge on any atom is 0.305 e. The zero-order valence-corrected chi connectivity index (χ0v) is 9.20. The molecule has 0 aromatic heterocycles. The number of Topliss-reactive ketones (excluding diaryl/α,β-unsaturated/α-hetero) is 1. The third kappa shape index (κ3) is 4.97. The van der Waals surface area contributed by atoms with E-state index in [0.717, 1.165) is 0 Å². The van der Waals surface area contributed by atoms with Crippen LogP contribution in [-0.2, 0) is 9.59 Å². The first-order valence-corrected chi connectivity index (χ1v) is 4.86. The van der Waals surface area contributed by atoms with E-state index in [9.17, 15) is 9.59 Å². The number of hydrogen-bond donors (Lipinski definition) is 2. The van der Waals surface area contributed by atoms with Gasteiger partial charge >= 0.3 is 5.97 Å². The normalized spacial score (nSPS) is 13.3. The first kappa shape index (κ1) is 13.1. The van der Waals surface area contributed by atoms with Crippen molar-refractivity contribution < 1.29 is 14.7 Å². The summed E-state index contributed by atoms with van der Waals surface area (Å²) in [5, 5.41) is 11.6. The summed E-state index contributed by atoms with van der Waals surface area (Å²) < 4.78 is 0. The van der Waals surface area contributed by atoms with Crippen molar-refractivity contribution in [3.63, 3.8) is 0 Å². The zero-order valence-electron chi connectivity index (χ0n) is 9.20. The van der Waals surface area contributed by atoms with Crippen LogP contribution in [0.2, 0.25) is 0 Å². The minimum absolute atomic E-state index is 0.0406. The predicted octanol–water partition coefficient (Wildman–Crippen LogP) is 1.05. The molecule has 4 heteroatoms. The lowest BCUT2D eigenvalue weighted by Gasteiger charge is -2.20. The van der Waals surface area contributed by atoms with Gasteiger partial charge in [-0.25, -0.2) is 0 Å². The minimum atomic E-state index is -0.947. The van der Waals surface area contributed by atoms with Gasteiger partial charge in [-0.1, -0.05) is 27.7 Å². The van der Waals surface area contributed by atoms with Crippen molar-refractivity contribution in [2.75, 3.05) is 0 Å². The molecule has 14 heavy (non-hydrogen) atoms. The Morgan fingerprint density at radius 3 is 2.00 bits per heavy atom. The third-order valence-electron chi connectivity index (χ3n) is 1.83. The summed E-state index contributed by atoms with van der Waals surface area (Å²) in [5.41, 5.74) is 0. The lowest BCUT2D eigenvalue weighted by Crippen LogP contribution is -2.44. The van der Waals surface area contributed by atoms with Crippen LogP contribution in [-0.4, -0.2) is 28.9 Å². The van der Waals surface area contributed by atoms with Gasteiger partial charge in [-0.2, -0.15) is 0 Å². The van der Waals surface area contributed by atoms with Gasteiger partial charge in [-0.05, 0) is 0 Å². The summed E-state index contributed by atoms with van der Waals surface area (Å²) >= 11 is 0. The number of carbonyl (C=O) groups excluding carboxylic acids is 1. The van der Waals surface area contributed by atoms with Gasteiger partial charge < -0.3 is 10.4 Å². The fraction of sp³-hybridized carbons (Fsp3) is 0.800. The molecule has 0 saturated heterocycles. The Bertz CT molecular complexity index is 211.